The number of carboxylic acids is 1. The smallest absolute Gasteiger partial charge is 0.317 e. The highest BCUT2D eigenvalue weighted by Gasteiger charge is 2.28. The van der Waals surface area contributed by atoms with Crippen molar-refractivity contribution in [3.63, 3.8) is 0 Å². The van der Waals surface area contributed by atoms with Crippen molar-refractivity contribution in [2.75, 3.05) is 0 Å². The van der Waals surface area contributed by atoms with Gasteiger partial charge >= 0.3 is 5.97 Å². The van der Waals surface area contributed by atoms with Crippen LogP contribution in [0.4, 0.5) is 0 Å². The van der Waals surface area contributed by atoms with E-state index in [0.29, 0.717) is 0 Å². The molecule has 3 unspecified atom stereocenters. The van der Waals surface area contributed by atoms with Gasteiger partial charge in [-0.1, -0.05) is 41.1 Å². The summed E-state index contributed by atoms with van der Waals surface area (Å²) in [7, 11) is 0. The number of para-hydroxylation sites is 1. The van der Waals surface area contributed by atoms with Crippen molar-refractivity contribution < 1.29 is 9.90 Å². The van der Waals surface area contributed by atoms with Gasteiger partial charge < -0.3 is 10.1 Å². The maximum Gasteiger partial charge on any atom is 0.317 e. The number of aromatic nitrogens is 1. The number of carbonyl (C=O) groups is 1. The van der Waals surface area contributed by atoms with Crippen LogP contribution in [-0.2, 0) is 4.79 Å². The normalized spacial score (nSPS) is 15.8. The van der Waals surface area contributed by atoms with Gasteiger partial charge in [-0.15, -0.1) is 11.6 Å². The number of H-pyrrole nitrogens is 1. The van der Waals surface area contributed by atoms with E-state index in [0.717, 1.165) is 35.9 Å². The Bertz CT molecular complexity index is 580. The summed E-state index contributed by atoms with van der Waals surface area (Å²) < 4.78 is 0. The van der Waals surface area contributed by atoms with Crippen LogP contribution in [0.25, 0.3) is 10.9 Å². The van der Waals surface area contributed by atoms with Crippen molar-refractivity contribution in [1.29, 1.82) is 0 Å². The molecule has 114 valence electrons. The molecule has 0 fully saturated rings. The predicted molar refractivity (Wildman–Crippen MR) is 90.6 cm³/mol. The third-order valence-corrected chi connectivity index (χ3v) is 5.33. The standard InChI is InChI=1S/C16H19BrClNO2/c1-2-11(18)7-8-12(15(17)16(20)21)14-9-10-5-3-4-6-13(10)19-14/h3-6,9,11-12,15,19H,2,7-8H2,1H3,(H,20,21). The number of nitrogens with one attached hydrogen (secondary N) is 1. The number of carboxylic acid groups (broad SMARTS) is 1. The summed E-state index contributed by atoms with van der Waals surface area (Å²) in [5.74, 6) is -0.969. The molecule has 2 aromatic rings. The van der Waals surface area contributed by atoms with Gasteiger partial charge in [-0.2, -0.15) is 0 Å². The van der Waals surface area contributed by atoms with Gasteiger partial charge in [0, 0.05) is 22.5 Å². The van der Waals surface area contributed by atoms with Crippen molar-refractivity contribution >= 4 is 44.4 Å². The Morgan fingerprint density at radius 2 is 2.10 bits per heavy atom. The molecule has 0 saturated carbocycles. The van der Waals surface area contributed by atoms with Crippen LogP contribution in [0.5, 0.6) is 0 Å². The predicted octanol–water partition coefficient (Wildman–Crippen LogP) is 4.90. The first-order valence-corrected chi connectivity index (χ1v) is 8.46. The van der Waals surface area contributed by atoms with Crippen LogP contribution >= 0.6 is 27.5 Å². The lowest BCUT2D eigenvalue weighted by molar-refractivity contribution is -0.136. The molecule has 0 saturated heterocycles. The summed E-state index contributed by atoms with van der Waals surface area (Å²) in [6.07, 6.45) is 2.42. The van der Waals surface area contributed by atoms with E-state index in [2.05, 4.69) is 20.9 Å². The second-order valence-corrected chi connectivity index (χ2v) is 6.85. The highest BCUT2D eigenvalue weighted by molar-refractivity contribution is 9.10. The SMILES string of the molecule is CCC(Cl)CCC(c1cc2ccccc2[nH]1)C(Br)C(=O)O. The molecule has 1 aromatic carbocycles. The van der Waals surface area contributed by atoms with Gasteiger partial charge in [0.25, 0.3) is 0 Å². The molecule has 5 heteroatoms. The van der Waals surface area contributed by atoms with Gasteiger partial charge in [0.2, 0.25) is 0 Å². The van der Waals surface area contributed by atoms with Crippen molar-refractivity contribution in [2.24, 2.45) is 0 Å². The lowest BCUT2D eigenvalue weighted by atomic mass is 9.94. The average Bonchev–Trinajstić information content (AvgIpc) is 2.90. The zero-order valence-electron chi connectivity index (χ0n) is 11.9. The number of fused-ring (bicyclic) bond motifs is 1. The molecule has 0 bridgehead atoms. The summed E-state index contributed by atoms with van der Waals surface area (Å²) >= 11 is 9.50. The van der Waals surface area contributed by atoms with Gasteiger partial charge in [0.15, 0.2) is 0 Å². The molecule has 1 aromatic heterocycles. The number of rotatable bonds is 7. The van der Waals surface area contributed by atoms with Crippen LogP contribution in [-0.4, -0.2) is 26.3 Å². The fourth-order valence-corrected chi connectivity index (χ4v) is 3.17. The highest BCUT2D eigenvalue weighted by Crippen LogP contribution is 2.33. The lowest BCUT2D eigenvalue weighted by Crippen LogP contribution is -2.23. The summed E-state index contributed by atoms with van der Waals surface area (Å²) in [5, 5.41) is 10.5. The van der Waals surface area contributed by atoms with Crippen LogP contribution in [0.2, 0.25) is 0 Å². The Kier molecular flexibility index (Phi) is 5.71. The average molecular weight is 373 g/mol. The van der Waals surface area contributed by atoms with Crippen LogP contribution in [0.3, 0.4) is 0 Å². The molecule has 1 heterocycles. The van der Waals surface area contributed by atoms with E-state index in [-0.39, 0.29) is 11.3 Å². The molecule has 0 spiro atoms. The number of halogens is 2. The van der Waals surface area contributed by atoms with E-state index in [1.165, 1.54) is 0 Å². The number of hydrogen-bond donors (Lipinski definition) is 2. The van der Waals surface area contributed by atoms with Crippen LogP contribution in [0, 0.1) is 0 Å². The number of alkyl halides is 2. The molecule has 0 radical (unpaired) electrons. The van der Waals surface area contributed by atoms with E-state index in [1.54, 1.807) is 0 Å². The zero-order chi connectivity index (χ0) is 15.4. The Morgan fingerprint density at radius 3 is 2.71 bits per heavy atom. The Hall–Kier alpha value is -1.00. The molecular formula is C16H19BrClNO2. The van der Waals surface area contributed by atoms with Gasteiger partial charge in [-0.25, -0.2) is 0 Å². The number of aliphatic carboxylic acids is 1. The minimum atomic E-state index is -0.846. The number of hydrogen-bond acceptors (Lipinski definition) is 1. The van der Waals surface area contributed by atoms with Gasteiger partial charge in [0.1, 0.15) is 4.83 Å². The Morgan fingerprint density at radius 1 is 1.38 bits per heavy atom. The summed E-state index contributed by atoms with van der Waals surface area (Å²) in [4.78, 5) is 14.1. The molecule has 0 aliphatic rings. The van der Waals surface area contributed by atoms with Crippen molar-refractivity contribution in [1.82, 2.24) is 4.98 Å². The molecule has 2 rings (SSSR count). The molecule has 2 N–H and O–H groups in total. The minimum absolute atomic E-state index is 0.0883. The quantitative estimate of drug-likeness (QED) is 0.679. The minimum Gasteiger partial charge on any atom is -0.480 e. The van der Waals surface area contributed by atoms with Gasteiger partial charge in [-0.3, -0.25) is 4.79 Å². The van der Waals surface area contributed by atoms with Gasteiger partial charge in [-0.05, 0) is 36.8 Å². The molecule has 0 aliphatic carbocycles. The molecular weight excluding hydrogens is 354 g/mol. The molecule has 0 amide bonds. The maximum absolute atomic E-state index is 11.3. The fraction of sp³-hybridized carbons (Fsp3) is 0.438. The summed E-state index contributed by atoms with van der Waals surface area (Å²) in [6, 6.07) is 9.99. The fourth-order valence-electron chi connectivity index (χ4n) is 2.49. The topological polar surface area (TPSA) is 53.1 Å². The van der Waals surface area contributed by atoms with Crippen molar-refractivity contribution in [2.45, 2.75) is 42.3 Å². The van der Waals surface area contributed by atoms with Crippen molar-refractivity contribution in [3.05, 3.63) is 36.0 Å². The second-order valence-electron chi connectivity index (χ2n) is 5.24. The van der Waals surface area contributed by atoms with E-state index >= 15 is 0 Å². The lowest BCUT2D eigenvalue weighted by Gasteiger charge is -2.19. The highest BCUT2D eigenvalue weighted by atomic mass is 79.9. The number of aromatic amines is 1. The largest absolute Gasteiger partial charge is 0.480 e. The third-order valence-electron chi connectivity index (χ3n) is 3.77. The van der Waals surface area contributed by atoms with E-state index in [1.807, 2.05) is 37.3 Å². The first-order valence-electron chi connectivity index (χ1n) is 7.11. The monoisotopic (exact) mass is 371 g/mol. The maximum atomic E-state index is 11.3. The molecule has 3 atom stereocenters. The zero-order valence-corrected chi connectivity index (χ0v) is 14.2. The van der Waals surface area contributed by atoms with Crippen LogP contribution < -0.4 is 0 Å². The van der Waals surface area contributed by atoms with Gasteiger partial charge in [0.05, 0.1) is 0 Å². The third kappa shape index (κ3) is 4.01. The first-order chi connectivity index (χ1) is 10.0. The van der Waals surface area contributed by atoms with Crippen LogP contribution in [0.15, 0.2) is 30.3 Å². The summed E-state index contributed by atoms with van der Waals surface area (Å²) in [5.41, 5.74) is 1.97. The Balaban J connectivity index is 2.26. The van der Waals surface area contributed by atoms with Crippen molar-refractivity contribution in [3.8, 4) is 0 Å². The second kappa shape index (κ2) is 7.32. The van der Waals surface area contributed by atoms with Crippen LogP contribution in [0.1, 0.15) is 37.8 Å². The molecule has 3 nitrogen and oxygen atoms in total. The number of benzene rings is 1. The molecule has 21 heavy (non-hydrogen) atoms. The Labute approximate surface area is 137 Å². The molecule has 0 aliphatic heterocycles. The summed E-state index contributed by atoms with van der Waals surface area (Å²) in [6.45, 7) is 2.04. The van der Waals surface area contributed by atoms with E-state index in [9.17, 15) is 9.90 Å². The van der Waals surface area contributed by atoms with E-state index < -0.39 is 10.8 Å². The first kappa shape index (κ1) is 16.4. The van der Waals surface area contributed by atoms with E-state index in [4.69, 9.17) is 11.6 Å².